The van der Waals surface area contributed by atoms with E-state index >= 15 is 0 Å². The van der Waals surface area contributed by atoms with Crippen LogP contribution in [0.4, 0.5) is 11.4 Å². The van der Waals surface area contributed by atoms with Gasteiger partial charge in [0.1, 0.15) is 5.56 Å². The molecule has 2 rings (SSSR count). The first-order valence-corrected chi connectivity index (χ1v) is 7.23. The highest BCUT2D eigenvalue weighted by Crippen LogP contribution is 2.35. The summed E-state index contributed by atoms with van der Waals surface area (Å²) in [5.74, 6) is -0.430. The van der Waals surface area contributed by atoms with Crippen molar-refractivity contribution in [3.8, 4) is 0 Å². The zero-order valence-corrected chi connectivity index (χ0v) is 12.2. The number of nitrogens with one attached hydrogen (secondary N) is 1. The van der Waals surface area contributed by atoms with Crippen LogP contribution in [0.5, 0.6) is 0 Å². The van der Waals surface area contributed by atoms with E-state index in [0.717, 1.165) is 12.8 Å². The highest BCUT2D eigenvalue weighted by molar-refractivity contribution is 5.99. The van der Waals surface area contributed by atoms with Crippen molar-refractivity contribution >= 4 is 17.3 Å². The van der Waals surface area contributed by atoms with E-state index < -0.39 is 10.8 Å². The van der Waals surface area contributed by atoms with Gasteiger partial charge in [-0.3, -0.25) is 14.9 Å². The molecule has 0 radical (unpaired) electrons. The van der Waals surface area contributed by atoms with Gasteiger partial charge in [0.15, 0.2) is 0 Å². The summed E-state index contributed by atoms with van der Waals surface area (Å²) in [6, 6.07) is 4.06. The van der Waals surface area contributed by atoms with E-state index in [-0.39, 0.29) is 16.7 Å². The molecule has 6 heteroatoms. The molecule has 114 valence electrons. The van der Waals surface area contributed by atoms with Crippen molar-refractivity contribution in [2.45, 2.75) is 39.0 Å². The predicted octanol–water partition coefficient (Wildman–Crippen LogP) is 2.88. The lowest BCUT2D eigenvalue weighted by Gasteiger charge is -2.33. The fraction of sp³-hybridized carbons (Fsp3) is 0.533. The van der Waals surface area contributed by atoms with Crippen molar-refractivity contribution in [2.75, 3.05) is 12.3 Å². The number of nitrogens with zero attached hydrogens (tertiary/aromatic N) is 1. The highest BCUT2D eigenvalue weighted by atomic mass is 16.6. The topological polar surface area (TPSA) is 98.3 Å². The third kappa shape index (κ3) is 3.71. The maximum atomic E-state index is 12.2. The molecular weight excluding hydrogens is 270 g/mol. The summed E-state index contributed by atoms with van der Waals surface area (Å²) in [6.07, 6.45) is 5.73. The SMILES string of the molecule is CC1(CNC(=O)c2cc(N)ccc2[N+](=O)[O-])CCCCC1. The molecule has 0 unspecified atom stereocenters. The highest BCUT2D eigenvalue weighted by Gasteiger charge is 2.28. The molecule has 3 N–H and O–H groups in total. The van der Waals surface area contributed by atoms with Gasteiger partial charge in [0.25, 0.3) is 11.6 Å². The Hall–Kier alpha value is -2.11. The van der Waals surface area contributed by atoms with Gasteiger partial charge in [-0.05, 0) is 30.4 Å². The second-order valence-electron chi connectivity index (χ2n) is 6.09. The third-order valence-electron chi connectivity index (χ3n) is 4.20. The molecule has 0 aromatic heterocycles. The molecule has 0 atom stereocenters. The number of carbonyl (C=O) groups is 1. The van der Waals surface area contributed by atoms with Crippen molar-refractivity contribution in [1.82, 2.24) is 5.32 Å². The van der Waals surface area contributed by atoms with Crippen LogP contribution in [0.2, 0.25) is 0 Å². The minimum atomic E-state index is -0.559. The van der Waals surface area contributed by atoms with Gasteiger partial charge in [0.05, 0.1) is 4.92 Å². The molecular formula is C15H21N3O3. The molecule has 6 nitrogen and oxygen atoms in total. The number of carbonyl (C=O) groups excluding carboxylic acids is 1. The molecule has 1 aliphatic carbocycles. The molecule has 0 heterocycles. The van der Waals surface area contributed by atoms with Crippen molar-refractivity contribution < 1.29 is 9.72 Å². The number of amides is 1. The summed E-state index contributed by atoms with van der Waals surface area (Å²) in [5.41, 5.74) is 5.87. The van der Waals surface area contributed by atoms with Gasteiger partial charge in [-0.25, -0.2) is 0 Å². The van der Waals surface area contributed by atoms with Crippen LogP contribution in [0.1, 0.15) is 49.4 Å². The van der Waals surface area contributed by atoms with E-state index in [1.54, 1.807) is 0 Å². The van der Waals surface area contributed by atoms with E-state index in [0.29, 0.717) is 12.2 Å². The third-order valence-corrected chi connectivity index (χ3v) is 4.20. The molecule has 1 saturated carbocycles. The van der Waals surface area contributed by atoms with Crippen LogP contribution in [0.15, 0.2) is 18.2 Å². The standard InChI is InChI=1S/C15H21N3O3/c1-15(7-3-2-4-8-15)10-17-14(19)12-9-11(16)5-6-13(12)18(20)21/h5-6,9H,2-4,7-8,10,16H2,1H3,(H,17,19). The van der Waals surface area contributed by atoms with Crippen LogP contribution in [-0.4, -0.2) is 17.4 Å². The normalized spacial score (nSPS) is 17.2. The number of benzene rings is 1. The van der Waals surface area contributed by atoms with E-state index in [1.165, 1.54) is 37.5 Å². The summed E-state index contributed by atoms with van der Waals surface area (Å²) in [6.45, 7) is 2.69. The smallest absolute Gasteiger partial charge is 0.282 e. The lowest BCUT2D eigenvalue weighted by Crippen LogP contribution is -2.37. The van der Waals surface area contributed by atoms with Gasteiger partial charge >= 0.3 is 0 Å². The van der Waals surface area contributed by atoms with Crippen LogP contribution in [0.3, 0.4) is 0 Å². The number of nitrogens with two attached hydrogens (primary N) is 1. The van der Waals surface area contributed by atoms with Gasteiger partial charge < -0.3 is 11.1 Å². The predicted molar refractivity (Wildman–Crippen MR) is 81.0 cm³/mol. The first-order chi connectivity index (χ1) is 9.91. The summed E-state index contributed by atoms with van der Waals surface area (Å²) >= 11 is 0. The van der Waals surface area contributed by atoms with E-state index in [9.17, 15) is 14.9 Å². The Labute approximate surface area is 123 Å². The van der Waals surface area contributed by atoms with Crippen molar-refractivity contribution in [2.24, 2.45) is 5.41 Å². The zero-order valence-electron chi connectivity index (χ0n) is 12.2. The Morgan fingerprint density at radius 1 is 1.38 bits per heavy atom. The van der Waals surface area contributed by atoms with Crippen LogP contribution < -0.4 is 11.1 Å². The molecule has 1 aromatic rings. The van der Waals surface area contributed by atoms with Crippen molar-refractivity contribution in [1.29, 1.82) is 0 Å². The van der Waals surface area contributed by atoms with E-state index in [4.69, 9.17) is 5.73 Å². The van der Waals surface area contributed by atoms with Gasteiger partial charge in [-0.2, -0.15) is 0 Å². The molecule has 0 bridgehead atoms. The van der Waals surface area contributed by atoms with Crippen LogP contribution >= 0.6 is 0 Å². The number of nitro benzene ring substituents is 1. The molecule has 1 fully saturated rings. The van der Waals surface area contributed by atoms with Crippen LogP contribution in [0.25, 0.3) is 0 Å². The number of nitro groups is 1. The molecule has 1 amide bonds. The van der Waals surface area contributed by atoms with E-state index in [1.807, 2.05) is 0 Å². The maximum Gasteiger partial charge on any atom is 0.282 e. The van der Waals surface area contributed by atoms with Crippen molar-refractivity contribution in [3.63, 3.8) is 0 Å². The summed E-state index contributed by atoms with van der Waals surface area (Å²) in [7, 11) is 0. The van der Waals surface area contributed by atoms with Crippen LogP contribution in [0, 0.1) is 15.5 Å². The van der Waals surface area contributed by atoms with Crippen LogP contribution in [-0.2, 0) is 0 Å². The summed E-state index contributed by atoms with van der Waals surface area (Å²) < 4.78 is 0. The fourth-order valence-corrected chi connectivity index (χ4v) is 2.87. The molecule has 0 saturated heterocycles. The van der Waals surface area contributed by atoms with E-state index in [2.05, 4.69) is 12.2 Å². The van der Waals surface area contributed by atoms with Gasteiger partial charge in [0, 0.05) is 18.3 Å². The average molecular weight is 291 g/mol. The maximum absolute atomic E-state index is 12.2. The second-order valence-corrected chi connectivity index (χ2v) is 6.09. The quantitative estimate of drug-likeness (QED) is 0.506. The molecule has 21 heavy (non-hydrogen) atoms. The molecule has 1 aromatic carbocycles. The second kappa shape index (κ2) is 6.11. The largest absolute Gasteiger partial charge is 0.399 e. The monoisotopic (exact) mass is 291 g/mol. The Kier molecular flexibility index (Phi) is 4.45. The minimum absolute atomic E-state index is 0.0272. The molecule has 0 aliphatic heterocycles. The number of rotatable bonds is 4. The Bertz CT molecular complexity index is 551. The number of hydrogen-bond acceptors (Lipinski definition) is 4. The minimum Gasteiger partial charge on any atom is -0.399 e. The fourth-order valence-electron chi connectivity index (χ4n) is 2.87. The van der Waals surface area contributed by atoms with Crippen molar-refractivity contribution in [3.05, 3.63) is 33.9 Å². The Morgan fingerprint density at radius 3 is 2.67 bits per heavy atom. The Balaban J connectivity index is 2.09. The molecule has 1 aliphatic rings. The first kappa shape index (κ1) is 15.3. The summed E-state index contributed by atoms with van der Waals surface area (Å²) in [4.78, 5) is 22.7. The van der Waals surface area contributed by atoms with Gasteiger partial charge in [-0.15, -0.1) is 0 Å². The average Bonchev–Trinajstić information content (AvgIpc) is 2.45. The van der Waals surface area contributed by atoms with Gasteiger partial charge in [0.2, 0.25) is 0 Å². The summed E-state index contributed by atoms with van der Waals surface area (Å²) in [5, 5.41) is 13.8. The lowest BCUT2D eigenvalue weighted by molar-refractivity contribution is -0.385. The number of nitrogen functional groups attached to an aromatic ring is 1. The Morgan fingerprint density at radius 2 is 2.05 bits per heavy atom. The number of anilines is 1. The molecule has 0 spiro atoms. The lowest BCUT2D eigenvalue weighted by atomic mass is 9.76. The zero-order chi connectivity index (χ0) is 15.5. The van der Waals surface area contributed by atoms with Gasteiger partial charge in [-0.1, -0.05) is 26.2 Å². The number of hydrogen-bond donors (Lipinski definition) is 2. The first-order valence-electron chi connectivity index (χ1n) is 7.23.